The Hall–Kier alpha value is -2.86. The fourth-order valence-corrected chi connectivity index (χ4v) is 2.96. The fourth-order valence-electron chi connectivity index (χ4n) is 2.61. The molecule has 0 saturated heterocycles. The van der Waals surface area contributed by atoms with Gasteiger partial charge in [0.1, 0.15) is 23.3 Å². The maximum atomic E-state index is 12.9. The van der Waals surface area contributed by atoms with Crippen LogP contribution >= 0.6 is 11.6 Å². The van der Waals surface area contributed by atoms with Crippen molar-refractivity contribution in [3.8, 4) is 11.4 Å². The second-order valence-electron chi connectivity index (χ2n) is 6.03. The smallest absolute Gasteiger partial charge is 0.258 e. The number of hydrogen-bond donors (Lipinski definition) is 0. The number of nitrogens with zero attached hydrogens (tertiary/aromatic N) is 3. The molecule has 0 radical (unpaired) electrons. The highest BCUT2D eigenvalue weighted by atomic mass is 35.5. The van der Waals surface area contributed by atoms with Crippen molar-refractivity contribution in [2.24, 2.45) is 0 Å². The van der Waals surface area contributed by atoms with E-state index in [1.54, 1.807) is 30.8 Å². The molecule has 7 heteroatoms. The van der Waals surface area contributed by atoms with Crippen LogP contribution in [0.1, 0.15) is 16.1 Å². The quantitative estimate of drug-likeness (QED) is 0.639. The topological polar surface area (TPSA) is 47.4 Å². The summed E-state index contributed by atoms with van der Waals surface area (Å²) in [6.45, 7) is 2.38. The first kappa shape index (κ1) is 18.9. The van der Waals surface area contributed by atoms with Gasteiger partial charge in [0.15, 0.2) is 0 Å². The van der Waals surface area contributed by atoms with Crippen LogP contribution in [0.15, 0.2) is 54.6 Å². The zero-order valence-corrected chi connectivity index (χ0v) is 15.8. The predicted molar refractivity (Wildman–Crippen MR) is 102 cm³/mol. The van der Waals surface area contributed by atoms with Crippen LogP contribution < -0.4 is 4.74 Å². The van der Waals surface area contributed by atoms with Gasteiger partial charge in [0.05, 0.1) is 23.5 Å². The molecule has 140 valence electrons. The summed E-state index contributed by atoms with van der Waals surface area (Å²) >= 11 is 6.43. The molecule has 1 amide bonds. The van der Waals surface area contributed by atoms with Crippen LogP contribution in [0, 0.1) is 12.7 Å². The van der Waals surface area contributed by atoms with E-state index in [0.29, 0.717) is 23.6 Å². The SMILES string of the molecule is Cc1nn(-c2ccccc2)c(Cl)c1C(=O)N(C)CCOc1ccc(F)cc1. The molecule has 2 aromatic carbocycles. The van der Waals surface area contributed by atoms with Gasteiger partial charge >= 0.3 is 0 Å². The first-order chi connectivity index (χ1) is 13.0. The van der Waals surface area contributed by atoms with E-state index in [-0.39, 0.29) is 23.5 Å². The average Bonchev–Trinajstić information content (AvgIpc) is 2.97. The van der Waals surface area contributed by atoms with Crippen LogP contribution in [0.25, 0.3) is 5.69 Å². The van der Waals surface area contributed by atoms with E-state index in [1.165, 1.54) is 17.0 Å². The van der Waals surface area contributed by atoms with Crippen LogP contribution in [0.2, 0.25) is 5.15 Å². The number of amides is 1. The number of halogens is 2. The second-order valence-corrected chi connectivity index (χ2v) is 6.39. The van der Waals surface area contributed by atoms with Gasteiger partial charge in [-0.05, 0) is 43.3 Å². The number of rotatable bonds is 6. The van der Waals surface area contributed by atoms with Crippen molar-refractivity contribution in [3.63, 3.8) is 0 Å². The molecule has 1 aromatic heterocycles. The van der Waals surface area contributed by atoms with Gasteiger partial charge in [0.2, 0.25) is 0 Å². The number of ether oxygens (including phenoxy) is 1. The van der Waals surface area contributed by atoms with Crippen LogP contribution in [-0.4, -0.2) is 40.8 Å². The molecule has 27 heavy (non-hydrogen) atoms. The summed E-state index contributed by atoms with van der Waals surface area (Å²) in [5.41, 5.74) is 1.71. The Balaban J connectivity index is 1.68. The van der Waals surface area contributed by atoms with Crippen molar-refractivity contribution in [2.45, 2.75) is 6.92 Å². The zero-order valence-electron chi connectivity index (χ0n) is 15.0. The number of carbonyl (C=O) groups excluding carboxylic acids is 1. The number of likely N-dealkylation sites (N-methyl/N-ethyl adjacent to an activating group) is 1. The average molecular weight is 388 g/mol. The molecule has 0 spiro atoms. The van der Waals surface area contributed by atoms with Gasteiger partial charge in [-0.1, -0.05) is 29.8 Å². The van der Waals surface area contributed by atoms with E-state index < -0.39 is 0 Å². The number of hydrogen-bond acceptors (Lipinski definition) is 3. The van der Waals surface area contributed by atoms with Gasteiger partial charge in [0, 0.05) is 7.05 Å². The van der Waals surface area contributed by atoms with E-state index in [1.807, 2.05) is 30.3 Å². The Kier molecular flexibility index (Phi) is 5.76. The van der Waals surface area contributed by atoms with E-state index in [0.717, 1.165) is 5.69 Å². The number of aryl methyl sites for hydroxylation is 1. The van der Waals surface area contributed by atoms with Crippen LogP contribution in [-0.2, 0) is 0 Å². The lowest BCUT2D eigenvalue weighted by Gasteiger charge is -2.17. The third-order valence-electron chi connectivity index (χ3n) is 4.07. The molecule has 0 atom stereocenters. The Bertz CT molecular complexity index is 926. The minimum Gasteiger partial charge on any atom is -0.492 e. The fraction of sp³-hybridized carbons (Fsp3) is 0.200. The minimum absolute atomic E-state index is 0.234. The van der Waals surface area contributed by atoms with Gasteiger partial charge in [0.25, 0.3) is 5.91 Å². The third kappa shape index (κ3) is 4.28. The molecule has 0 fully saturated rings. The Morgan fingerprint density at radius 2 is 1.85 bits per heavy atom. The summed E-state index contributed by atoms with van der Waals surface area (Å²) in [6, 6.07) is 15.1. The van der Waals surface area contributed by atoms with Gasteiger partial charge in [-0.3, -0.25) is 4.79 Å². The standard InChI is InChI=1S/C20H19ClFN3O2/c1-14-18(19(21)25(23-14)16-6-4-3-5-7-16)20(26)24(2)12-13-27-17-10-8-15(22)9-11-17/h3-11H,12-13H2,1-2H3. The van der Waals surface area contributed by atoms with E-state index in [4.69, 9.17) is 16.3 Å². The van der Waals surface area contributed by atoms with Gasteiger partial charge in [-0.25, -0.2) is 9.07 Å². The van der Waals surface area contributed by atoms with Gasteiger partial charge in [-0.15, -0.1) is 0 Å². The molecule has 0 saturated carbocycles. The largest absolute Gasteiger partial charge is 0.492 e. The lowest BCUT2D eigenvalue weighted by Crippen LogP contribution is -2.31. The number of para-hydroxylation sites is 1. The lowest BCUT2D eigenvalue weighted by molar-refractivity contribution is 0.0773. The molecule has 5 nitrogen and oxygen atoms in total. The molecule has 0 bridgehead atoms. The second kappa shape index (κ2) is 8.22. The van der Waals surface area contributed by atoms with E-state index in [2.05, 4.69) is 5.10 Å². The van der Waals surface area contributed by atoms with Gasteiger partial charge in [-0.2, -0.15) is 5.10 Å². The highest BCUT2D eigenvalue weighted by molar-refractivity contribution is 6.33. The number of aromatic nitrogens is 2. The van der Waals surface area contributed by atoms with E-state index in [9.17, 15) is 9.18 Å². The minimum atomic E-state index is -0.324. The monoisotopic (exact) mass is 387 g/mol. The van der Waals surface area contributed by atoms with Crippen LogP contribution in [0.5, 0.6) is 5.75 Å². The molecule has 3 rings (SSSR count). The van der Waals surface area contributed by atoms with Crippen LogP contribution in [0.4, 0.5) is 4.39 Å². The lowest BCUT2D eigenvalue weighted by atomic mass is 10.2. The first-order valence-electron chi connectivity index (χ1n) is 8.41. The van der Waals surface area contributed by atoms with Crippen molar-refractivity contribution in [1.82, 2.24) is 14.7 Å². The maximum Gasteiger partial charge on any atom is 0.258 e. The number of benzene rings is 2. The summed E-state index contributed by atoms with van der Waals surface area (Å²) in [4.78, 5) is 14.3. The summed E-state index contributed by atoms with van der Waals surface area (Å²) in [7, 11) is 1.67. The maximum absolute atomic E-state index is 12.9. The zero-order chi connectivity index (χ0) is 19.4. The van der Waals surface area contributed by atoms with Crippen molar-refractivity contribution in [2.75, 3.05) is 20.2 Å². The molecule has 0 aliphatic rings. The number of carbonyl (C=O) groups is 1. The van der Waals surface area contributed by atoms with Crippen molar-refractivity contribution >= 4 is 17.5 Å². The molecule has 0 aliphatic carbocycles. The Morgan fingerprint density at radius 3 is 2.52 bits per heavy atom. The van der Waals surface area contributed by atoms with E-state index >= 15 is 0 Å². The molecule has 0 unspecified atom stereocenters. The van der Waals surface area contributed by atoms with Gasteiger partial charge < -0.3 is 9.64 Å². The predicted octanol–water partition coefficient (Wildman–Crippen LogP) is 4.12. The normalized spacial score (nSPS) is 10.7. The van der Waals surface area contributed by atoms with Crippen molar-refractivity contribution in [3.05, 3.63) is 76.8 Å². The summed E-state index contributed by atoms with van der Waals surface area (Å²) in [6.07, 6.45) is 0. The highest BCUT2D eigenvalue weighted by Crippen LogP contribution is 2.24. The Morgan fingerprint density at radius 1 is 1.19 bits per heavy atom. The summed E-state index contributed by atoms with van der Waals surface area (Å²) in [5, 5.41) is 4.66. The molecule has 1 heterocycles. The molecular formula is C20H19ClFN3O2. The van der Waals surface area contributed by atoms with Crippen molar-refractivity contribution in [1.29, 1.82) is 0 Å². The Labute approximate surface area is 161 Å². The highest BCUT2D eigenvalue weighted by Gasteiger charge is 2.23. The van der Waals surface area contributed by atoms with Crippen molar-refractivity contribution < 1.29 is 13.9 Å². The third-order valence-corrected chi connectivity index (χ3v) is 4.42. The summed E-state index contributed by atoms with van der Waals surface area (Å²) in [5.74, 6) is -0.0130. The molecule has 0 aliphatic heterocycles. The molecule has 0 N–H and O–H groups in total. The first-order valence-corrected chi connectivity index (χ1v) is 8.79. The van der Waals surface area contributed by atoms with Crippen LogP contribution in [0.3, 0.4) is 0 Å². The molecule has 3 aromatic rings. The molecular weight excluding hydrogens is 369 g/mol. The summed E-state index contributed by atoms with van der Waals surface area (Å²) < 4.78 is 20.0.